The van der Waals surface area contributed by atoms with Gasteiger partial charge in [0.25, 0.3) is 5.91 Å². The molecule has 0 aliphatic heterocycles. The first-order chi connectivity index (χ1) is 17.9. The molecule has 9 heteroatoms. The van der Waals surface area contributed by atoms with Crippen molar-refractivity contribution in [1.29, 1.82) is 0 Å². The zero-order valence-corrected chi connectivity index (χ0v) is 20.8. The van der Waals surface area contributed by atoms with Gasteiger partial charge in [0.05, 0.1) is 24.4 Å². The van der Waals surface area contributed by atoms with Gasteiger partial charge < -0.3 is 20.7 Å². The standard InChI is InChI=1S/C28H27N7O2/c1-34(2)20-12-8-19(9-13-20)17-31-35-26(29)24(25-27(35)33-23-7-5-4-6-22(23)32-25)28(36)30-16-18-10-14-21(37-3)15-11-18/h4-15,17H,16,29H2,1-3H3,(H,30,36)/b31-17+. The number of amides is 1. The summed E-state index contributed by atoms with van der Waals surface area (Å²) in [6.07, 6.45) is 1.69. The quantitative estimate of drug-likeness (QED) is 0.331. The van der Waals surface area contributed by atoms with Crippen LogP contribution in [0.4, 0.5) is 11.5 Å². The summed E-state index contributed by atoms with van der Waals surface area (Å²) in [7, 11) is 5.58. The Bertz CT molecular complexity index is 1600. The molecule has 1 amide bonds. The highest BCUT2D eigenvalue weighted by molar-refractivity contribution is 6.10. The van der Waals surface area contributed by atoms with E-state index in [0.29, 0.717) is 28.7 Å². The molecule has 0 saturated heterocycles. The molecule has 0 saturated carbocycles. The third-order valence-electron chi connectivity index (χ3n) is 6.04. The van der Waals surface area contributed by atoms with Gasteiger partial charge in [0, 0.05) is 26.3 Å². The zero-order chi connectivity index (χ0) is 25.9. The average molecular weight is 494 g/mol. The molecule has 2 aromatic heterocycles. The van der Waals surface area contributed by atoms with Crippen LogP contribution >= 0.6 is 0 Å². The molecule has 3 N–H and O–H groups in total. The van der Waals surface area contributed by atoms with Gasteiger partial charge in [-0.05, 0) is 47.5 Å². The fourth-order valence-electron chi connectivity index (χ4n) is 3.99. The predicted octanol–water partition coefficient (Wildman–Crippen LogP) is 4.05. The van der Waals surface area contributed by atoms with Gasteiger partial charge in [-0.15, -0.1) is 0 Å². The number of nitrogen functional groups attached to an aromatic ring is 1. The van der Waals surface area contributed by atoms with Gasteiger partial charge in [-0.25, -0.2) is 9.97 Å². The van der Waals surface area contributed by atoms with Gasteiger partial charge in [-0.2, -0.15) is 9.78 Å². The van der Waals surface area contributed by atoms with Crippen molar-refractivity contribution in [3.8, 4) is 5.75 Å². The SMILES string of the molecule is COc1ccc(CNC(=O)c2c(N)n(/N=C/c3ccc(N(C)C)cc3)c3nc4ccccc4nc23)cc1. The van der Waals surface area contributed by atoms with Gasteiger partial charge >= 0.3 is 0 Å². The molecule has 0 aliphatic rings. The van der Waals surface area contributed by atoms with Gasteiger partial charge in [0.2, 0.25) is 0 Å². The molecule has 0 bridgehead atoms. The molecule has 0 radical (unpaired) electrons. The second-order valence-corrected chi connectivity index (χ2v) is 8.72. The highest BCUT2D eigenvalue weighted by Crippen LogP contribution is 2.28. The lowest BCUT2D eigenvalue weighted by Crippen LogP contribution is -2.23. The van der Waals surface area contributed by atoms with Crippen molar-refractivity contribution in [2.75, 3.05) is 31.8 Å². The summed E-state index contributed by atoms with van der Waals surface area (Å²) in [4.78, 5) is 24.8. The molecule has 2 heterocycles. The van der Waals surface area contributed by atoms with Crippen LogP contribution in [-0.2, 0) is 6.54 Å². The van der Waals surface area contributed by atoms with Crippen LogP contribution in [0.2, 0.25) is 0 Å². The molecule has 0 unspecified atom stereocenters. The Hall–Kier alpha value is -4.92. The summed E-state index contributed by atoms with van der Waals surface area (Å²) in [6.45, 7) is 0.317. The molecule has 0 atom stereocenters. The fraction of sp³-hybridized carbons (Fsp3) is 0.143. The number of nitrogens with zero attached hydrogens (tertiary/aromatic N) is 5. The molecule has 5 aromatic rings. The number of benzene rings is 3. The molecule has 9 nitrogen and oxygen atoms in total. The molecule has 37 heavy (non-hydrogen) atoms. The number of fused-ring (bicyclic) bond motifs is 2. The van der Waals surface area contributed by atoms with E-state index in [4.69, 9.17) is 20.4 Å². The number of rotatable bonds is 7. The van der Waals surface area contributed by atoms with Crippen LogP contribution in [-0.4, -0.2) is 48.0 Å². The Balaban J connectivity index is 1.52. The number of hydrogen-bond donors (Lipinski definition) is 2. The first kappa shape index (κ1) is 23.8. The number of methoxy groups -OCH3 is 1. The van der Waals surface area contributed by atoms with Crippen molar-refractivity contribution < 1.29 is 9.53 Å². The average Bonchev–Trinajstić information content (AvgIpc) is 3.19. The second-order valence-electron chi connectivity index (χ2n) is 8.72. The van der Waals surface area contributed by atoms with E-state index in [1.165, 1.54) is 4.68 Å². The van der Waals surface area contributed by atoms with E-state index >= 15 is 0 Å². The Kier molecular flexibility index (Phi) is 6.42. The smallest absolute Gasteiger partial charge is 0.257 e. The van der Waals surface area contributed by atoms with E-state index in [1.807, 2.05) is 91.8 Å². The number of carbonyl (C=O) groups is 1. The lowest BCUT2D eigenvalue weighted by atomic mass is 10.2. The van der Waals surface area contributed by atoms with E-state index in [0.717, 1.165) is 22.6 Å². The number of carbonyl (C=O) groups excluding carboxylic acids is 1. The van der Waals surface area contributed by atoms with E-state index in [2.05, 4.69) is 10.4 Å². The molecule has 5 rings (SSSR count). The molecule has 3 aromatic carbocycles. The van der Waals surface area contributed by atoms with Gasteiger partial charge in [-0.3, -0.25) is 4.79 Å². The number of para-hydroxylation sites is 2. The molecule has 186 valence electrons. The predicted molar refractivity (Wildman–Crippen MR) is 147 cm³/mol. The van der Waals surface area contributed by atoms with E-state index in [9.17, 15) is 4.79 Å². The van der Waals surface area contributed by atoms with Crippen LogP contribution in [0.5, 0.6) is 5.75 Å². The van der Waals surface area contributed by atoms with E-state index in [-0.39, 0.29) is 17.3 Å². The Labute approximate surface area is 214 Å². The minimum atomic E-state index is -0.354. The van der Waals surface area contributed by atoms with Crippen molar-refractivity contribution in [3.05, 3.63) is 89.5 Å². The van der Waals surface area contributed by atoms with Gasteiger partial charge in [0.1, 0.15) is 22.6 Å². The van der Waals surface area contributed by atoms with Crippen molar-refractivity contribution in [1.82, 2.24) is 20.0 Å². The Morgan fingerprint density at radius 2 is 1.70 bits per heavy atom. The Morgan fingerprint density at radius 1 is 1.03 bits per heavy atom. The van der Waals surface area contributed by atoms with Crippen LogP contribution in [0.25, 0.3) is 22.2 Å². The zero-order valence-electron chi connectivity index (χ0n) is 20.8. The van der Waals surface area contributed by atoms with Crippen LogP contribution in [0.15, 0.2) is 77.9 Å². The topological polar surface area (TPSA) is 111 Å². The van der Waals surface area contributed by atoms with E-state index < -0.39 is 0 Å². The summed E-state index contributed by atoms with van der Waals surface area (Å²) < 4.78 is 6.67. The summed E-state index contributed by atoms with van der Waals surface area (Å²) in [5, 5.41) is 7.52. The van der Waals surface area contributed by atoms with Crippen LogP contribution in [0.1, 0.15) is 21.5 Å². The maximum atomic E-state index is 13.3. The normalized spacial score (nSPS) is 11.3. The molecule has 0 spiro atoms. The van der Waals surface area contributed by atoms with Crippen molar-refractivity contribution in [2.45, 2.75) is 6.54 Å². The second kappa shape index (κ2) is 9.98. The number of nitrogens with one attached hydrogen (secondary N) is 1. The summed E-state index contributed by atoms with van der Waals surface area (Å²) >= 11 is 0. The van der Waals surface area contributed by atoms with Crippen molar-refractivity contribution >= 4 is 45.8 Å². The maximum absolute atomic E-state index is 13.3. The summed E-state index contributed by atoms with van der Waals surface area (Å²) in [5.41, 5.74) is 11.8. The number of aromatic nitrogens is 3. The van der Waals surface area contributed by atoms with Crippen LogP contribution < -0.4 is 20.7 Å². The van der Waals surface area contributed by atoms with Crippen LogP contribution in [0, 0.1) is 0 Å². The minimum absolute atomic E-state index is 0.165. The molecular weight excluding hydrogens is 466 g/mol. The van der Waals surface area contributed by atoms with Gasteiger partial charge in [0.15, 0.2) is 5.65 Å². The lowest BCUT2D eigenvalue weighted by Gasteiger charge is -2.11. The van der Waals surface area contributed by atoms with E-state index in [1.54, 1.807) is 13.3 Å². The lowest BCUT2D eigenvalue weighted by molar-refractivity contribution is 0.0953. The van der Waals surface area contributed by atoms with Crippen molar-refractivity contribution in [3.63, 3.8) is 0 Å². The van der Waals surface area contributed by atoms with Gasteiger partial charge in [-0.1, -0.05) is 36.4 Å². The molecule has 0 aliphatic carbocycles. The summed E-state index contributed by atoms with van der Waals surface area (Å²) in [5.74, 6) is 0.560. The Morgan fingerprint density at radius 3 is 2.35 bits per heavy atom. The third kappa shape index (κ3) is 4.79. The highest BCUT2D eigenvalue weighted by atomic mass is 16.5. The summed E-state index contributed by atoms with van der Waals surface area (Å²) in [6, 6.07) is 22.9. The number of nitrogens with two attached hydrogens (primary N) is 1. The molecular formula is C28H27N7O2. The number of hydrogen-bond acceptors (Lipinski definition) is 7. The highest BCUT2D eigenvalue weighted by Gasteiger charge is 2.24. The minimum Gasteiger partial charge on any atom is -0.497 e. The monoisotopic (exact) mass is 493 g/mol. The first-order valence-electron chi connectivity index (χ1n) is 11.7. The van der Waals surface area contributed by atoms with Crippen LogP contribution in [0.3, 0.4) is 0 Å². The molecule has 0 fully saturated rings. The largest absolute Gasteiger partial charge is 0.497 e. The first-order valence-corrected chi connectivity index (χ1v) is 11.7. The number of anilines is 2. The number of ether oxygens (including phenoxy) is 1. The van der Waals surface area contributed by atoms with Crippen molar-refractivity contribution in [2.24, 2.45) is 5.10 Å². The maximum Gasteiger partial charge on any atom is 0.257 e. The fourth-order valence-corrected chi connectivity index (χ4v) is 3.99. The third-order valence-corrected chi connectivity index (χ3v) is 6.04.